The van der Waals surface area contributed by atoms with Crippen molar-refractivity contribution in [3.05, 3.63) is 53.7 Å². The third kappa shape index (κ3) is 5.04. The Kier molecular flexibility index (Phi) is 6.28. The standard InChI is InChI=1S/C18H23NO2S/c1-13(2)16-6-4-5-7-17(16)21-11-15(20)12-22-18-9-8-14(3)10-19-18/h4-10,13,15,20H,11-12H2,1-3H3. The molecule has 0 aliphatic carbocycles. The van der Waals surface area contributed by atoms with Gasteiger partial charge < -0.3 is 9.84 Å². The first kappa shape index (κ1) is 16.8. The minimum Gasteiger partial charge on any atom is -0.491 e. The minimum atomic E-state index is -0.520. The van der Waals surface area contributed by atoms with Crippen LogP contribution in [0.1, 0.15) is 30.9 Å². The summed E-state index contributed by atoms with van der Waals surface area (Å²) in [5.74, 6) is 1.83. The van der Waals surface area contributed by atoms with Crippen molar-refractivity contribution in [3.63, 3.8) is 0 Å². The Hall–Kier alpha value is -1.52. The van der Waals surface area contributed by atoms with E-state index < -0.39 is 6.10 Å². The van der Waals surface area contributed by atoms with Gasteiger partial charge in [0.05, 0.1) is 11.1 Å². The van der Waals surface area contributed by atoms with Crippen LogP contribution in [-0.2, 0) is 0 Å². The summed E-state index contributed by atoms with van der Waals surface area (Å²) in [6.45, 7) is 6.58. The second-order valence-corrected chi connectivity index (χ2v) is 6.68. The van der Waals surface area contributed by atoms with Gasteiger partial charge in [-0.25, -0.2) is 4.98 Å². The molecule has 22 heavy (non-hydrogen) atoms. The molecule has 1 unspecified atom stereocenters. The monoisotopic (exact) mass is 317 g/mol. The first-order valence-corrected chi connectivity index (χ1v) is 8.50. The molecule has 0 fully saturated rings. The van der Waals surface area contributed by atoms with Crippen molar-refractivity contribution >= 4 is 11.8 Å². The molecule has 1 N–H and O–H groups in total. The van der Waals surface area contributed by atoms with Gasteiger partial charge in [0.25, 0.3) is 0 Å². The van der Waals surface area contributed by atoms with Crippen molar-refractivity contribution in [2.45, 2.75) is 37.8 Å². The van der Waals surface area contributed by atoms with Gasteiger partial charge in [-0.1, -0.05) is 38.1 Å². The first-order chi connectivity index (χ1) is 10.6. The van der Waals surface area contributed by atoms with Gasteiger partial charge in [-0.15, -0.1) is 11.8 Å². The summed E-state index contributed by atoms with van der Waals surface area (Å²) in [5, 5.41) is 11.0. The number of aliphatic hydroxyl groups is 1. The fourth-order valence-electron chi connectivity index (χ4n) is 2.04. The van der Waals surface area contributed by atoms with E-state index in [0.717, 1.165) is 16.3 Å². The molecule has 1 aromatic carbocycles. The average Bonchev–Trinajstić information content (AvgIpc) is 2.52. The predicted molar refractivity (Wildman–Crippen MR) is 91.7 cm³/mol. The van der Waals surface area contributed by atoms with E-state index in [0.29, 0.717) is 18.3 Å². The molecule has 1 aromatic heterocycles. The summed E-state index contributed by atoms with van der Waals surface area (Å²) in [6.07, 6.45) is 1.32. The average molecular weight is 317 g/mol. The van der Waals surface area contributed by atoms with E-state index in [-0.39, 0.29) is 0 Å². The van der Waals surface area contributed by atoms with E-state index >= 15 is 0 Å². The molecule has 0 saturated carbocycles. The van der Waals surface area contributed by atoms with Gasteiger partial charge in [-0.05, 0) is 36.1 Å². The molecule has 0 bridgehead atoms. The topological polar surface area (TPSA) is 42.4 Å². The number of para-hydroxylation sites is 1. The highest BCUT2D eigenvalue weighted by Crippen LogP contribution is 2.26. The van der Waals surface area contributed by atoms with Crippen LogP contribution in [0.3, 0.4) is 0 Å². The number of nitrogens with zero attached hydrogens (tertiary/aromatic N) is 1. The zero-order valence-electron chi connectivity index (χ0n) is 13.3. The maximum absolute atomic E-state index is 10.1. The summed E-state index contributed by atoms with van der Waals surface area (Å²) < 4.78 is 5.78. The summed E-state index contributed by atoms with van der Waals surface area (Å²) >= 11 is 1.54. The molecule has 118 valence electrons. The number of pyridine rings is 1. The fourth-order valence-corrected chi connectivity index (χ4v) is 2.80. The molecule has 1 atom stereocenters. The van der Waals surface area contributed by atoms with E-state index in [2.05, 4.69) is 24.9 Å². The van der Waals surface area contributed by atoms with Crippen LogP contribution >= 0.6 is 11.8 Å². The zero-order chi connectivity index (χ0) is 15.9. The summed E-state index contributed by atoms with van der Waals surface area (Å²) in [7, 11) is 0. The number of benzene rings is 1. The largest absolute Gasteiger partial charge is 0.491 e. The van der Waals surface area contributed by atoms with Crippen molar-refractivity contribution in [2.75, 3.05) is 12.4 Å². The summed E-state index contributed by atoms with van der Waals surface area (Å²) in [6, 6.07) is 12.0. The number of aromatic nitrogens is 1. The lowest BCUT2D eigenvalue weighted by atomic mass is 10.0. The van der Waals surface area contributed by atoms with Gasteiger partial charge in [-0.2, -0.15) is 0 Å². The number of aliphatic hydroxyl groups excluding tert-OH is 1. The zero-order valence-corrected chi connectivity index (χ0v) is 14.1. The molecule has 1 heterocycles. The summed E-state index contributed by atoms with van der Waals surface area (Å²) in [5.41, 5.74) is 2.31. The number of hydrogen-bond acceptors (Lipinski definition) is 4. The van der Waals surface area contributed by atoms with Crippen LogP contribution < -0.4 is 4.74 Å². The Bertz CT molecular complexity index is 584. The highest BCUT2D eigenvalue weighted by Gasteiger charge is 2.10. The fraction of sp³-hybridized carbons (Fsp3) is 0.389. The van der Waals surface area contributed by atoms with E-state index in [1.165, 1.54) is 5.56 Å². The Labute approximate surface area is 136 Å². The Morgan fingerprint density at radius 1 is 1.18 bits per heavy atom. The van der Waals surface area contributed by atoms with Crippen LogP contribution in [0.2, 0.25) is 0 Å². The molecule has 0 aliphatic rings. The van der Waals surface area contributed by atoms with Gasteiger partial charge in [0.2, 0.25) is 0 Å². The second-order valence-electron chi connectivity index (χ2n) is 5.64. The second kappa shape index (κ2) is 8.20. The van der Waals surface area contributed by atoms with Crippen molar-refractivity contribution < 1.29 is 9.84 Å². The SMILES string of the molecule is Cc1ccc(SCC(O)COc2ccccc2C(C)C)nc1. The third-order valence-electron chi connectivity index (χ3n) is 3.28. The number of ether oxygens (including phenoxy) is 1. The number of thioether (sulfide) groups is 1. The molecule has 0 aliphatic heterocycles. The van der Waals surface area contributed by atoms with Crippen LogP contribution in [0.25, 0.3) is 0 Å². The number of aryl methyl sites for hydroxylation is 1. The maximum atomic E-state index is 10.1. The summed E-state index contributed by atoms with van der Waals surface area (Å²) in [4.78, 5) is 4.32. The number of hydrogen-bond donors (Lipinski definition) is 1. The molecular formula is C18H23NO2S. The van der Waals surface area contributed by atoms with Crippen molar-refractivity contribution in [1.29, 1.82) is 0 Å². The minimum absolute atomic E-state index is 0.294. The molecule has 4 heteroatoms. The lowest BCUT2D eigenvalue weighted by molar-refractivity contribution is 0.125. The van der Waals surface area contributed by atoms with Crippen LogP contribution in [-0.4, -0.2) is 28.6 Å². The van der Waals surface area contributed by atoms with Gasteiger partial charge >= 0.3 is 0 Å². The third-order valence-corrected chi connectivity index (χ3v) is 4.37. The predicted octanol–water partition coefficient (Wildman–Crippen LogP) is 4.05. The Morgan fingerprint density at radius 3 is 2.64 bits per heavy atom. The van der Waals surface area contributed by atoms with Crippen LogP contribution in [0, 0.1) is 6.92 Å². The van der Waals surface area contributed by atoms with Crippen LogP contribution in [0.15, 0.2) is 47.6 Å². The van der Waals surface area contributed by atoms with Gasteiger partial charge in [0, 0.05) is 11.9 Å². The quantitative estimate of drug-likeness (QED) is 0.783. The molecule has 0 saturated heterocycles. The molecular weight excluding hydrogens is 294 g/mol. The lowest BCUT2D eigenvalue weighted by Crippen LogP contribution is -2.20. The molecule has 2 aromatic rings. The molecule has 3 nitrogen and oxygen atoms in total. The van der Waals surface area contributed by atoms with Crippen molar-refractivity contribution in [1.82, 2.24) is 4.98 Å². The normalized spacial score (nSPS) is 12.4. The highest BCUT2D eigenvalue weighted by molar-refractivity contribution is 7.99. The first-order valence-electron chi connectivity index (χ1n) is 7.51. The maximum Gasteiger partial charge on any atom is 0.122 e. The van der Waals surface area contributed by atoms with Crippen molar-refractivity contribution in [3.8, 4) is 5.75 Å². The van der Waals surface area contributed by atoms with Crippen LogP contribution in [0.5, 0.6) is 5.75 Å². The Morgan fingerprint density at radius 2 is 1.95 bits per heavy atom. The van der Waals surface area contributed by atoms with E-state index in [1.54, 1.807) is 11.8 Å². The smallest absolute Gasteiger partial charge is 0.122 e. The van der Waals surface area contributed by atoms with E-state index in [1.807, 2.05) is 43.5 Å². The molecule has 0 amide bonds. The Balaban J connectivity index is 1.83. The van der Waals surface area contributed by atoms with E-state index in [9.17, 15) is 5.11 Å². The van der Waals surface area contributed by atoms with Gasteiger partial charge in [-0.3, -0.25) is 0 Å². The van der Waals surface area contributed by atoms with Crippen molar-refractivity contribution in [2.24, 2.45) is 0 Å². The van der Waals surface area contributed by atoms with Crippen LogP contribution in [0.4, 0.5) is 0 Å². The molecule has 2 rings (SSSR count). The van der Waals surface area contributed by atoms with Gasteiger partial charge in [0.15, 0.2) is 0 Å². The molecule has 0 radical (unpaired) electrons. The lowest BCUT2D eigenvalue weighted by Gasteiger charge is -2.16. The highest BCUT2D eigenvalue weighted by atomic mass is 32.2. The van der Waals surface area contributed by atoms with Gasteiger partial charge in [0.1, 0.15) is 12.4 Å². The van der Waals surface area contributed by atoms with E-state index in [4.69, 9.17) is 4.74 Å². The molecule has 0 spiro atoms. The number of rotatable bonds is 7.